The predicted octanol–water partition coefficient (Wildman–Crippen LogP) is 0.676. The molecule has 0 atom stereocenters. The van der Waals surface area contributed by atoms with Crippen LogP contribution in [0.4, 0.5) is 0 Å². The molecule has 0 unspecified atom stereocenters. The molecule has 2 N–H and O–H groups in total. The summed E-state index contributed by atoms with van der Waals surface area (Å²) in [5.74, 6) is 1.38. The lowest BCUT2D eigenvalue weighted by Gasteiger charge is -2.13. The molecular weight excluding hydrogens is 216 g/mol. The number of nitrogens with one attached hydrogen (secondary N) is 2. The van der Waals surface area contributed by atoms with Gasteiger partial charge in [0.15, 0.2) is 5.96 Å². The van der Waals surface area contributed by atoms with Gasteiger partial charge >= 0.3 is 0 Å². The molecule has 5 nitrogen and oxygen atoms in total. The first-order valence-electron chi connectivity index (χ1n) is 6.19. The first-order valence-corrected chi connectivity index (χ1v) is 6.19. The summed E-state index contributed by atoms with van der Waals surface area (Å²) in [6.07, 6.45) is 1.09. The molecule has 0 aliphatic carbocycles. The molecule has 1 amide bonds. The van der Waals surface area contributed by atoms with Crippen molar-refractivity contribution in [3.05, 3.63) is 0 Å². The van der Waals surface area contributed by atoms with Crippen LogP contribution >= 0.6 is 0 Å². The second kappa shape index (κ2) is 8.84. The average molecular weight is 242 g/mol. The maximum atomic E-state index is 11.4. The Hall–Kier alpha value is -1.26. The van der Waals surface area contributed by atoms with Crippen LogP contribution in [0, 0.1) is 5.92 Å². The van der Waals surface area contributed by atoms with Crippen LogP contribution in [0.1, 0.15) is 27.2 Å². The summed E-state index contributed by atoms with van der Waals surface area (Å²) in [6.45, 7) is 8.23. The van der Waals surface area contributed by atoms with Crippen LogP contribution in [0.15, 0.2) is 4.99 Å². The number of likely N-dealkylation sites (N-methyl/N-ethyl adjacent to an activating group) is 1. The summed E-state index contributed by atoms with van der Waals surface area (Å²) in [4.78, 5) is 17.2. The Morgan fingerprint density at radius 1 is 1.29 bits per heavy atom. The molecule has 0 aliphatic rings. The van der Waals surface area contributed by atoms with Crippen molar-refractivity contribution in [1.29, 1.82) is 0 Å². The van der Waals surface area contributed by atoms with Gasteiger partial charge in [0.1, 0.15) is 6.54 Å². The smallest absolute Gasteiger partial charge is 0.243 e. The van der Waals surface area contributed by atoms with Gasteiger partial charge < -0.3 is 15.5 Å². The molecule has 0 aliphatic heterocycles. The number of hydrogen-bond acceptors (Lipinski definition) is 2. The number of carbonyl (C=O) groups is 1. The van der Waals surface area contributed by atoms with Crippen molar-refractivity contribution in [2.75, 3.05) is 33.7 Å². The topological polar surface area (TPSA) is 56.7 Å². The van der Waals surface area contributed by atoms with Crippen LogP contribution in [0.3, 0.4) is 0 Å². The number of aliphatic imine (C=N–C) groups is 1. The van der Waals surface area contributed by atoms with Crippen LogP contribution < -0.4 is 10.6 Å². The number of amides is 1. The lowest BCUT2D eigenvalue weighted by molar-refractivity contribution is -0.127. The second-order valence-electron chi connectivity index (χ2n) is 4.59. The summed E-state index contributed by atoms with van der Waals surface area (Å²) >= 11 is 0. The fourth-order valence-electron chi connectivity index (χ4n) is 1.11. The molecule has 0 saturated heterocycles. The van der Waals surface area contributed by atoms with Gasteiger partial charge in [-0.1, -0.05) is 13.8 Å². The van der Waals surface area contributed by atoms with Crippen molar-refractivity contribution >= 4 is 11.9 Å². The van der Waals surface area contributed by atoms with Gasteiger partial charge in [0.2, 0.25) is 5.91 Å². The fraction of sp³-hybridized carbons (Fsp3) is 0.833. The standard InChI is InChI=1S/C12H26N4O/c1-6-13-12(14-8-7-10(2)3)15-9-11(17)16(4)5/h10H,6-9H2,1-5H3,(H2,13,14,15). The molecule has 0 aromatic rings. The Balaban J connectivity index is 4.11. The van der Waals surface area contributed by atoms with E-state index in [1.807, 2.05) is 6.92 Å². The normalized spacial score (nSPS) is 11.5. The van der Waals surface area contributed by atoms with Gasteiger partial charge in [-0.2, -0.15) is 0 Å². The fourth-order valence-corrected chi connectivity index (χ4v) is 1.11. The number of guanidine groups is 1. The van der Waals surface area contributed by atoms with Crippen molar-refractivity contribution in [3.8, 4) is 0 Å². The minimum Gasteiger partial charge on any atom is -0.357 e. The summed E-state index contributed by atoms with van der Waals surface area (Å²) < 4.78 is 0. The van der Waals surface area contributed by atoms with E-state index in [9.17, 15) is 4.79 Å². The maximum Gasteiger partial charge on any atom is 0.243 e. The zero-order valence-corrected chi connectivity index (χ0v) is 11.7. The largest absolute Gasteiger partial charge is 0.357 e. The van der Waals surface area contributed by atoms with E-state index in [0.717, 1.165) is 19.5 Å². The van der Waals surface area contributed by atoms with E-state index in [-0.39, 0.29) is 12.5 Å². The predicted molar refractivity (Wildman–Crippen MR) is 72.1 cm³/mol. The molecule has 0 spiro atoms. The van der Waals surface area contributed by atoms with Crippen LogP contribution in [0.5, 0.6) is 0 Å². The molecule has 100 valence electrons. The molecule has 0 heterocycles. The molecule has 0 aromatic carbocycles. The summed E-state index contributed by atoms with van der Waals surface area (Å²) in [7, 11) is 3.47. The van der Waals surface area contributed by atoms with Gasteiger partial charge in [0.05, 0.1) is 0 Å². The van der Waals surface area contributed by atoms with Crippen LogP contribution in [-0.4, -0.2) is 50.5 Å². The van der Waals surface area contributed by atoms with Crippen molar-refractivity contribution in [2.45, 2.75) is 27.2 Å². The monoisotopic (exact) mass is 242 g/mol. The zero-order chi connectivity index (χ0) is 13.3. The molecule has 0 bridgehead atoms. The third-order valence-corrected chi connectivity index (χ3v) is 2.23. The summed E-state index contributed by atoms with van der Waals surface area (Å²) in [5.41, 5.74) is 0. The maximum absolute atomic E-state index is 11.4. The van der Waals surface area contributed by atoms with Crippen LogP contribution in [0.25, 0.3) is 0 Å². The number of nitrogens with zero attached hydrogens (tertiary/aromatic N) is 2. The highest BCUT2D eigenvalue weighted by Gasteiger charge is 2.03. The summed E-state index contributed by atoms with van der Waals surface area (Å²) in [5, 5.41) is 6.33. The third kappa shape index (κ3) is 8.54. The SMILES string of the molecule is CCNC(=NCC(=O)N(C)C)NCCC(C)C. The Bertz CT molecular complexity index is 249. The first-order chi connectivity index (χ1) is 7.97. The molecule has 0 radical (unpaired) electrons. The lowest BCUT2D eigenvalue weighted by atomic mass is 10.1. The Morgan fingerprint density at radius 3 is 2.41 bits per heavy atom. The van der Waals surface area contributed by atoms with E-state index >= 15 is 0 Å². The molecule has 0 aromatic heterocycles. The van der Waals surface area contributed by atoms with Crippen molar-refractivity contribution in [2.24, 2.45) is 10.9 Å². The van der Waals surface area contributed by atoms with E-state index in [0.29, 0.717) is 11.9 Å². The highest BCUT2D eigenvalue weighted by atomic mass is 16.2. The first kappa shape index (κ1) is 15.7. The molecule has 17 heavy (non-hydrogen) atoms. The summed E-state index contributed by atoms with van der Waals surface area (Å²) in [6, 6.07) is 0. The lowest BCUT2D eigenvalue weighted by Crippen LogP contribution is -2.39. The second-order valence-corrected chi connectivity index (χ2v) is 4.59. The third-order valence-electron chi connectivity index (χ3n) is 2.23. The Morgan fingerprint density at radius 2 is 1.94 bits per heavy atom. The van der Waals surface area contributed by atoms with Gasteiger partial charge in [-0.15, -0.1) is 0 Å². The number of hydrogen-bond donors (Lipinski definition) is 2. The van der Waals surface area contributed by atoms with Crippen molar-refractivity contribution < 1.29 is 4.79 Å². The molecule has 5 heteroatoms. The number of rotatable bonds is 6. The van der Waals surface area contributed by atoms with E-state index in [4.69, 9.17) is 0 Å². The molecular formula is C12H26N4O. The Labute approximate surface area is 105 Å². The quantitative estimate of drug-likeness (QED) is 0.532. The van der Waals surface area contributed by atoms with Gasteiger partial charge in [-0.05, 0) is 19.3 Å². The highest BCUT2D eigenvalue weighted by molar-refractivity contribution is 5.84. The van der Waals surface area contributed by atoms with Gasteiger partial charge in [0, 0.05) is 27.2 Å². The van der Waals surface area contributed by atoms with Gasteiger partial charge in [-0.3, -0.25) is 4.79 Å². The number of carbonyl (C=O) groups excluding carboxylic acids is 1. The van der Waals surface area contributed by atoms with Crippen molar-refractivity contribution in [3.63, 3.8) is 0 Å². The Kier molecular flexibility index (Phi) is 8.19. The zero-order valence-electron chi connectivity index (χ0n) is 11.7. The average Bonchev–Trinajstić information content (AvgIpc) is 2.24. The highest BCUT2D eigenvalue weighted by Crippen LogP contribution is 1.96. The van der Waals surface area contributed by atoms with E-state index in [2.05, 4.69) is 29.5 Å². The molecule has 0 fully saturated rings. The van der Waals surface area contributed by atoms with E-state index < -0.39 is 0 Å². The van der Waals surface area contributed by atoms with E-state index in [1.165, 1.54) is 0 Å². The van der Waals surface area contributed by atoms with Crippen LogP contribution in [-0.2, 0) is 4.79 Å². The molecule has 0 saturated carbocycles. The van der Waals surface area contributed by atoms with Gasteiger partial charge in [0.25, 0.3) is 0 Å². The minimum absolute atomic E-state index is 0.00561. The molecule has 0 rings (SSSR count). The van der Waals surface area contributed by atoms with Crippen LogP contribution in [0.2, 0.25) is 0 Å². The minimum atomic E-state index is 0.00561. The van der Waals surface area contributed by atoms with E-state index in [1.54, 1.807) is 19.0 Å². The van der Waals surface area contributed by atoms with Gasteiger partial charge in [-0.25, -0.2) is 4.99 Å². The van der Waals surface area contributed by atoms with Crippen molar-refractivity contribution in [1.82, 2.24) is 15.5 Å².